The summed E-state index contributed by atoms with van der Waals surface area (Å²) in [5.74, 6) is 1.68. The fourth-order valence-corrected chi connectivity index (χ4v) is 7.37. The van der Waals surface area contributed by atoms with Crippen LogP contribution in [0.4, 0.5) is 0 Å². The van der Waals surface area contributed by atoms with Crippen molar-refractivity contribution in [3.63, 3.8) is 0 Å². The summed E-state index contributed by atoms with van der Waals surface area (Å²) in [6.45, 7) is 11.5. The van der Waals surface area contributed by atoms with Gasteiger partial charge in [0.1, 0.15) is 5.82 Å². The minimum atomic E-state index is 0.339. The van der Waals surface area contributed by atoms with Crippen LogP contribution in [0, 0.1) is 6.92 Å². The van der Waals surface area contributed by atoms with E-state index in [0.29, 0.717) is 11.8 Å². The van der Waals surface area contributed by atoms with Crippen molar-refractivity contribution in [2.24, 2.45) is 0 Å². The molecule has 0 bridgehead atoms. The van der Waals surface area contributed by atoms with Crippen LogP contribution in [0.5, 0.6) is 0 Å². The summed E-state index contributed by atoms with van der Waals surface area (Å²) in [6, 6.07) is 37.7. The van der Waals surface area contributed by atoms with Crippen molar-refractivity contribution in [3.05, 3.63) is 120 Å². The SMILES string of the molecule is Cc1cccc2sc3ccc(-c4nc5ccccc5n4-c4c(C(C)C)cc(-c5ccccc5)cc4C(C)C)cc3c12. The average Bonchev–Trinajstić information content (AvgIpc) is 3.55. The molecular weight excluding hydrogens is 516 g/mol. The molecule has 0 atom stereocenters. The number of imidazole rings is 1. The molecule has 0 aliphatic heterocycles. The van der Waals surface area contributed by atoms with E-state index < -0.39 is 0 Å². The van der Waals surface area contributed by atoms with E-state index in [4.69, 9.17) is 4.98 Å². The standard InChI is InChI=1S/C38H34N2S/c1-23(2)29-21-28(26-13-7-6-8-14-26)22-30(24(3)4)37(29)40-33-16-10-9-15-32(33)39-38(40)27-18-19-34-31(20-27)36-25(5)12-11-17-35(36)41-34/h6-24H,1-5H3. The van der Waals surface area contributed by atoms with Gasteiger partial charge in [-0.05, 0) is 95.1 Å². The van der Waals surface area contributed by atoms with E-state index >= 15 is 0 Å². The monoisotopic (exact) mass is 550 g/mol. The zero-order valence-electron chi connectivity index (χ0n) is 24.3. The van der Waals surface area contributed by atoms with E-state index in [-0.39, 0.29) is 0 Å². The number of thiophene rings is 1. The molecule has 2 aromatic heterocycles. The van der Waals surface area contributed by atoms with Crippen molar-refractivity contribution in [2.45, 2.75) is 46.5 Å². The number of para-hydroxylation sites is 2. The van der Waals surface area contributed by atoms with Gasteiger partial charge in [-0.1, -0.05) is 82.3 Å². The van der Waals surface area contributed by atoms with Gasteiger partial charge < -0.3 is 0 Å². The summed E-state index contributed by atoms with van der Waals surface area (Å²) in [5.41, 5.74) is 11.1. The second-order valence-corrected chi connectivity index (χ2v) is 12.8. The van der Waals surface area contributed by atoms with Crippen molar-refractivity contribution in [3.8, 4) is 28.2 Å². The predicted molar refractivity (Wildman–Crippen MR) is 178 cm³/mol. The first kappa shape index (κ1) is 25.7. The lowest BCUT2D eigenvalue weighted by molar-refractivity contribution is 0.811. The second kappa shape index (κ2) is 10.0. The molecule has 2 heterocycles. The molecule has 7 aromatic rings. The zero-order chi connectivity index (χ0) is 28.2. The lowest BCUT2D eigenvalue weighted by Gasteiger charge is -2.24. The number of hydrogen-bond donors (Lipinski definition) is 0. The van der Waals surface area contributed by atoms with Crippen molar-refractivity contribution >= 4 is 42.5 Å². The fraction of sp³-hybridized carbons (Fsp3) is 0.184. The molecule has 2 nitrogen and oxygen atoms in total. The zero-order valence-corrected chi connectivity index (χ0v) is 25.1. The first-order valence-corrected chi connectivity index (χ1v) is 15.4. The first-order chi connectivity index (χ1) is 19.9. The second-order valence-electron chi connectivity index (χ2n) is 11.7. The molecular formula is C38H34N2S. The van der Waals surface area contributed by atoms with Gasteiger partial charge in [0.2, 0.25) is 0 Å². The Morgan fingerprint density at radius 1 is 0.634 bits per heavy atom. The van der Waals surface area contributed by atoms with Gasteiger partial charge in [0.15, 0.2) is 0 Å². The largest absolute Gasteiger partial charge is 0.292 e. The van der Waals surface area contributed by atoms with E-state index in [0.717, 1.165) is 22.4 Å². The molecule has 41 heavy (non-hydrogen) atoms. The summed E-state index contributed by atoms with van der Waals surface area (Å²) in [4.78, 5) is 5.30. The van der Waals surface area contributed by atoms with Crippen molar-refractivity contribution in [1.29, 1.82) is 0 Å². The third-order valence-corrected chi connectivity index (χ3v) is 9.40. The first-order valence-electron chi connectivity index (χ1n) is 14.5. The van der Waals surface area contributed by atoms with Gasteiger partial charge in [0, 0.05) is 25.7 Å². The number of rotatable bonds is 5. The van der Waals surface area contributed by atoms with Crippen LogP contribution in [-0.4, -0.2) is 9.55 Å². The molecule has 7 rings (SSSR count). The molecule has 5 aromatic carbocycles. The summed E-state index contributed by atoms with van der Waals surface area (Å²) in [5, 5.41) is 2.67. The Morgan fingerprint density at radius 2 is 1.34 bits per heavy atom. The van der Waals surface area contributed by atoms with Crippen LogP contribution in [0.25, 0.3) is 59.4 Å². The summed E-state index contributed by atoms with van der Waals surface area (Å²) >= 11 is 1.87. The van der Waals surface area contributed by atoms with Crippen LogP contribution >= 0.6 is 11.3 Å². The van der Waals surface area contributed by atoms with Crippen LogP contribution in [0.1, 0.15) is 56.2 Å². The van der Waals surface area contributed by atoms with Crippen LogP contribution in [-0.2, 0) is 0 Å². The molecule has 202 valence electrons. The Hall–Kier alpha value is -4.21. The predicted octanol–water partition coefficient (Wildman–Crippen LogP) is 11.3. The topological polar surface area (TPSA) is 17.8 Å². The number of hydrogen-bond acceptors (Lipinski definition) is 2. The van der Waals surface area contributed by atoms with E-state index in [9.17, 15) is 0 Å². The highest BCUT2D eigenvalue weighted by Gasteiger charge is 2.24. The molecule has 0 spiro atoms. The fourth-order valence-electron chi connectivity index (χ4n) is 6.20. The van der Waals surface area contributed by atoms with Crippen molar-refractivity contribution in [1.82, 2.24) is 9.55 Å². The third kappa shape index (κ3) is 4.27. The summed E-state index contributed by atoms with van der Waals surface area (Å²) < 4.78 is 5.10. The Labute approximate surface area is 245 Å². The number of nitrogens with zero attached hydrogens (tertiary/aromatic N) is 2. The Bertz CT molecular complexity index is 2030. The molecule has 0 fully saturated rings. The van der Waals surface area contributed by atoms with Gasteiger partial charge in [-0.3, -0.25) is 4.57 Å². The van der Waals surface area contributed by atoms with Gasteiger partial charge in [0.05, 0.1) is 16.7 Å². The molecule has 0 aliphatic carbocycles. The maximum Gasteiger partial charge on any atom is 0.145 e. The third-order valence-electron chi connectivity index (χ3n) is 8.27. The highest BCUT2D eigenvalue weighted by atomic mass is 32.1. The van der Waals surface area contributed by atoms with Crippen molar-refractivity contribution in [2.75, 3.05) is 0 Å². The van der Waals surface area contributed by atoms with Gasteiger partial charge in [-0.25, -0.2) is 4.98 Å². The minimum absolute atomic E-state index is 0.339. The Balaban J connectivity index is 1.56. The summed E-state index contributed by atoms with van der Waals surface area (Å²) in [7, 11) is 0. The molecule has 0 amide bonds. The minimum Gasteiger partial charge on any atom is -0.292 e. The van der Waals surface area contributed by atoms with E-state index in [1.54, 1.807) is 0 Å². The Morgan fingerprint density at radius 3 is 2.07 bits per heavy atom. The van der Waals surface area contributed by atoms with Crippen LogP contribution < -0.4 is 0 Å². The summed E-state index contributed by atoms with van der Waals surface area (Å²) in [6.07, 6.45) is 0. The molecule has 0 unspecified atom stereocenters. The van der Waals surface area contributed by atoms with Crippen molar-refractivity contribution < 1.29 is 0 Å². The molecule has 3 heteroatoms. The molecule has 0 aliphatic rings. The number of aromatic nitrogens is 2. The molecule has 0 radical (unpaired) electrons. The lowest BCUT2D eigenvalue weighted by atomic mass is 9.88. The maximum absolute atomic E-state index is 5.30. The average molecular weight is 551 g/mol. The van der Waals surface area contributed by atoms with Gasteiger partial charge >= 0.3 is 0 Å². The highest BCUT2D eigenvalue weighted by molar-refractivity contribution is 7.25. The van der Waals surface area contributed by atoms with Gasteiger partial charge in [0.25, 0.3) is 0 Å². The quantitative estimate of drug-likeness (QED) is 0.208. The van der Waals surface area contributed by atoms with Crippen LogP contribution in [0.3, 0.4) is 0 Å². The molecule has 0 N–H and O–H groups in total. The normalized spacial score (nSPS) is 12.0. The molecule has 0 saturated carbocycles. The lowest BCUT2D eigenvalue weighted by Crippen LogP contribution is -2.09. The highest BCUT2D eigenvalue weighted by Crippen LogP contribution is 2.42. The van der Waals surface area contributed by atoms with Gasteiger partial charge in [-0.15, -0.1) is 11.3 Å². The Kier molecular flexibility index (Phi) is 6.28. The number of aryl methyl sites for hydroxylation is 1. The van der Waals surface area contributed by atoms with Crippen LogP contribution in [0.15, 0.2) is 103 Å². The number of benzene rings is 5. The van der Waals surface area contributed by atoms with Gasteiger partial charge in [-0.2, -0.15) is 0 Å². The molecule has 0 saturated heterocycles. The maximum atomic E-state index is 5.30. The smallest absolute Gasteiger partial charge is 0.145 e. The van der Waals surface area contributed by atoms with Crippen LogP contribution in [0.2, 0.25) is 0 Å². The van der Waals surface area contributed by atoms with E-state index in [1.807, 2.05) is 11.3 Å². The van der Waals surface area contributed by atoms with E-state index in [1.165, 1.54) is 53.7 Å². The van der Waals surface area contributed by atoms with E-state index in [2.05, 4.69) is 142 Å². The number of fused-ring (bicyclic) bond motifs is 4.